The first-order chi connectivity index (χ1) is 12.3. The van der Waals surface area contributed by atoms with E-state index < -0.39 is 0 Å². The number of nitrogens with one attached hydrogen (secondary N) is 2. The molecule has 0 saturated carbocycles. The molecule has 1 aliphatic heterocycles. The Balaban J connectivity index is 1.45. The lowest BCUT2D eigenvalue weighted by Crippen LogP contribution is -2.29. The highest BCUT2D eigenvalue weighted by Gasteiger charge is 2.18. The van der Waals surface area contributed by atoms with E-state index >= 15 is 0 Å². The number of anilines is 2. The Labute approximate surface area is 147 Å². The highest BCUT2D eigenvalue weighted by Crippen LogP contribution is 2.29. The molecule has 0 spiro atoms. The minimum absolute atomic E-state index is 0.679. The van der Waals surface area contributed by atoms with Gasteiger partial charge in [-0.05, 0) is 50.0 Å². The average molecular weight is 334 g/mol. The fourth-order valence-electron chi connectivity index (χ4n) is 3.31. The van der Waals surface area contributed by atoms with E-state index in [2.05, 4.69) is 61.7 Å². The minimum Gasteiger partial charge on any atom is -0.322 e. The molecule has 3 heterocycles. The summed E-state index contributed by atoms with van der Waals surface area (Å²) in [5.41, 5.74) is 3.56. The number of rotatable bonds is 4. The van der Waals surface area contributed by atoms with Gasteiger partial charge < -0.3 is 10.2 Å². The lowest BCUT2D eigenvalue weighted by atomic mass is 9.89. The normalized spacial score (nSPS) is 16.0. The molecule has 0 atom stereocenters. The molecule has 1 saturated heterocycles. The summed E-state index contributed by atoms with van der Waals surface area (Å²) in [7, 11) is 2.20. The molecule has 3 aromatic rings. The molecule has 6 nitrogen and oxygen atoms in total. The molecule has 0 bridgehead atoms. The van der Waals surface area contributed by atoms with Crippen molar-refractivity contribution in [3.63, 3.8) is 0 Å². The summed E-state index contributed by atoms with van der Waals surface area (Å²) >= 11 is 0. The molecule has 1 fully saturated rings. The fraction of sp³-hybridized carbons (Fsp3) is 0.316. The molecule has 128 valence electrons. The van der Waals surface area contributed by atoms with Crippen molar-refractivity contribution in [2.24, 2.45) is 0 Å². The summed E-state index contributed by atoms with van der Waals surface area (Å²) in [6.45, 7) is 2.37. The molecule has 2 N–H and O–H groups in total. The first-order valence-electron chi connectivity index (χ1n) is 8.65. The number of aromatic amines is 1. The maximum absolute atomic E-state index is 4.30. The molecule has 4 rings (SSSR count). The first kappa shape index (κ1) is 15.8. The minimum atomic E-state index is 0.679. The van der Waals surface area contributed by atoms with Gasteiger partial charge in [-0.25, -0.2) is 4.98 Å². The second-order valence-electron chi connectivity index (χ2n) is 6.58. The van der Waals surface area contributed by atoms with Crippen LogP contribution in [0.15, 0.2) is 48.9 Å². The van der Waals surface area contributed by atoms with Crippen molar-refractivity contribution in [3.8, 4) is 11.3 Å². The van der Waals surface area contributed by atoms with E-state index in [1.165, 1.54) is 31.5 Å². The first-order valence-corrected chi connectivity index (χ1v) is 8.65. The lowest BCUT2D eigenvalue weighted by Gasteiger charge is -2.29. The Morgan fingerprint density at radius 3 is 2.60 bits per heavy atom. The molecule has 0 unspecified atom stereocenters. The summed E-state index contributed by atoms with van der Waals surface area (Å²) in [5, 5.41) is 10.5. The van der Waals surface area contributed by atoms with Crippen LogP contribution in [0.5, 0.6) is 0 Å². The number of piperidine rings is 1. The number of benzene rings is 1. The Bertz CT molecular complexity index is 803. The van der Waals surface area contributed by atoms with Crippen LogP contribution in [-0.4, -0.2) is 45.2 Å². The maximum Gasteiger partial charge on any atom is 0.153 e. The van der Waals surface area contributed by atoms with Gasteiger partial charge in [0.2, 0.25) is 0 Å². The zero-order valence-electron chi connectivity index (χ0n) is 14.3. The van der Waals surface area contributed by atoms with Gasteiger partial charge in [-0.2, -0.15) is 5.10 Å². The van der Waals surface area contributed by atoms with E-state index in [-0.39, 0.29) is 0 Å². The number of H-pyrrole nitrogens is 1. The summed E-state index contributed by atoms with van der Waals surface area (Å²) in [6, 6.07) is 10.8. The topological polar surface area (TPSA) is 69.7 Å². The van der Waals surface area contributed by atoms with Gasteiger partial charge in [0.15, 0.2) is 5.82 Å². The number of hydrogen-bond acceptors (Lipinski definition) is 5. The monoisotopic (exact) mass is 334 g/mol. The van der Waals surface area contributed by atoms with Crippen molar-refractivity contribution in [3.05, 3.63) is 54.5 Å². The molecule has 0 amide bonds. The lowest BCUT2D eigenvalue weighted by molar-refractivity contribution is 0.255. The second-order valence-corrected chi connectivity index (χ2v) is 6.58. The highest BCUT2D eigenvalue weighted by molar-refractivity contribution is 5.65. The highest BCUT2D eigenvalue weighted by atomic mass is 15.2. The molecular formula is C19H22N6. The third kappa shape index (κ3) is 3.69. The smallest absolute Gasteiger partial charge is 0.153 e. The van der Waals surface area contributed by atoms with Gasteiger partial charge in [-0.15, -0.1) is 0 Å². The zero-order chi connectivity index (χ0) is 17.1. The van der Waals surface area contributed by atoms with Crippen LogP contribution in [0, 0.1) is 0 Å². The quantitative estimate of drug-likeness (QED) is 0.765. The van der Waals surface area contributed by atoms with E-state index in [9.17, 15) is 0 Å². The van der Waals surface area contributed by atoms with Crippen molar-refractivity contribution >= 4 is 11.6 Å². The predicted octanol–water partition coefficient (Wildman–Crippen LogP) is 3.42. The molecule has 0 aliphatic carbocycles. The van der Waals surface area contributed by atoms with Crippen molar-refractivity contribution in [1.29, 1.82) is 0 Å². The predicted molar refractivity (Wildman–Crippen MR) is 98.8 cm³/mol. The van der Waals surface area contributed by atoms with Crippen molar-refractivity contribution in [2.75, 3.05) is 25.5 Å². The Morgan fingerprint density at radius 1 is 1.08 bits per heavy atom. The van der Waals surface area contributed by atoms with Gasteiger partial charge in [-0.1, -0.05) is 24.3 Å². The largest absolute Gasteiger partial charge is 0.322 e. The van der Waals surface area contributed by atoms with Crippen LogP contribution in [0.3, 0.4) is 0 Å². The average Bonchev–Trinajstić information content (AvgIpc) is 3.12. The van der Waals surface area contributed by atoms with E-state index in [4.69, 9.17) is 0 Å². The van der Waals surface area contributed by atoms with Crippen molar-refractivity contribution < 1.29 is 0 Å². The summed E-state index contributed by atoms with van der Waals surface area (Å²) in [5.74, 6) is 2.09. The van der Waals surface area contributed by atoms with E-state index in [1.807, 2.05) is 6.07 Å². The molecule has 1 aliphatic rings. The molecule has 2 aromatic heterocycles. The van der Waals surface area contributed by atoms with Crippen LogP contribution in [0.25, 0.3) is 11.3 Å². The van der Waals surface area contributed by atoms with Crippen molar-refractivity contribution in [2.45, 2.75) is 18.8 Å². The van der Waals surface area contributed by atoms with Gasteiger partial charge in [-0.3, -0.25) is 10.1 Å². The number of aromatic nitrogens is 4. The van der Waals surface area contributed by atoms with E-state index in [1.54, 1.807) is 18.6 Å². The Kier molecular flexibility index (Phi) is 4.43. The van der Waals surface area contributed by atoms with Crippen LogP contribution in [-0.2, 0) is 0 Å². The Morgan fingerprint density at radius 2 is 1.88 bits per heavy atom. The van der Waals surface area contributed by atoms with Crippen LogP contribution < -0.4 is 5.32 Å². The third-order valence-electron chi connectivity index (χ3n) is 4.81. The van der Waals surface area contributed by atoms with Gasteiger partial charge in [0, 0.05) is 18.5 Å². The number of likely N-dealkylation sites (tertiary alicyclic amines) is 1. The molecular weight excluding hydrogens is 312 g/mol. The summed E-state index contributed by atoms with van der Waals surface area (Å²) in [4.78, 5) is 10.6. The van der Waals surface area contributed by atoms with E-state index in [0.29, 0.717) is 11.7 Å². The molecule has 25 heavy (non-hydrogen) atoms. The fourth-order valence-corrected chi connectivity index (χ4v) is 3.31. The van der Waals surface area contributed by atoms with Gasteiger partial charge >= 0.3 is 0 Å². The van der Waals surface area contributed by atoms with Gasteiger partial charge in [0.25, 0.3) is 0 Å². The SMILES string of the molecule is CN1CCC(c2ccc(-c3cc(Nc4cnccn4)n[nH]3)cc2)CC1. The summed E-state index contributed by atoms with van der Waals surface area (Å²) in [6.07, 6.45) is 7.45. The maximum atomic E-state index is 4.30. The van der Waals surface area contributed by atoms with Crippen molar-refractivity contribution in [1.82, 2.24) is 25.1 Å². The Hall–Kier alpha value is -2.73. The van der Waals surface area contributed by atoms with Crippen LogP contribution >= 0.6 is 0 Å². The van der Waals surface area contributed by atoms with E-state index in [0.717, 1.165) is 17.1 Å². The summed E-state index contributed by atoms with van der Waals surface area (Å²) < 4.78 is 0. The molecule has 0 radical (unpaired) electrons. The standard InChI is InChI=1S/C19H22N6/c1-25-10-6-15(7-11-25)14-2-4-16(5-3-14)17-12-18(24-23-17)22-19-13-20-8-9-21-19/h2-5,8-9,12-13,15H,6-7,10-11H2,1H3,(H2,21,22,23,24). The van der Waals surface area contributed by atoms with Crippen LogP contribution in [0.1, 0.15) is 24.3 Å². The second kappa shape index (κ2) is 7.03. The number of hydrogen-bond donors (Lipinski definition) is 2. The molecule has 6 heteroatoms. The third-order valence-corrected chi connectivity index (χ3v) is 4.81. The van der Waals surface area contributed by atoms with Crippen LogP contribution in [0.4, 0.5) is 11.6 Å². The van der Waals surface area contributed by atoms with Gasteiger partial charge in [0.1, 0.15) is 5.82 Å². The number of nitrogens with zero attached hydrogens (tertiary/aromatic N) is 4. The van der Waals surface area contributed by atoms with Gasteiger partial charge in [0.05, 0.1) is 11.9 Å². The molecule has 1 aromatic carbocycles. The van der Waals surface area contributed by atoms with Crippen LogP contribution in [0.2, 0.25) is 0 Å². The zero-order valence-corrected chi connectivity index (χ0v) is 14.3.